The fraction of sp³-hybridized carbons (Fsp3) is 0.188. The van der Waals surface area contributed by atoms with Crippen LogP contribution in [0, 0.1) is 5.82 Å². The van der Waals surface area contributed by atoms with Gasteiger partial charge in [0.15, 0.2) is 0 Å². The first-order valence-corrected chi connectivity index (χ1v) is 6.63. The molecule has 6 heteroatoms. The Kier molecular flexibility index (Phi) is 5.19. The second kappa shape index (κ2) is 7.31. The number of methoxy groups -OCH3 is 1. The topological polar surface area (TPSA) is 68.3 Å². The van der Waals surface area contributed by atoms with Gasteiger partial charge in [0, 0.05) is 24.4 Å². The van der Waals surface area contributed by atoms with Crippen LogP contribution in [0.25, 0.3) is 0 Å². The second-order valence-electron chi connectivity index (χ2n) is 4.62. The van der Waals surface area contributed by atoms with Crippen LogP contribution in [0.3, 0.4) is 0 Å². The van der Waals surface area contributed by atoms with E-state index in [1.807, 2.05) is 0 Å². The number of carbonyl (C=O) groups is 2. The monoisotopic (exact) mass is 302 g/mol. The molecule has 0 bridgehead atoms. The quantitative estimate of drug-likeness (QED) is 0.854. The average Bonchev–Trinajstić information content (AvgIpc) is 2.56. The van der Waals surface area contributed by atoms with E-state index >= 15 is 0 Å². The van der Waals surface area contributed by atoms with Crippen LogP contribution in [0.4, 0.5) is 4.39 Å². The Hall–Kier alpha value is -2.76. The van der Waals surface area contributed by atoms with Gasteiger partial charge in [-0.1, -0.05) is 12.1 Å². The minimum Gasteiger partial charge on any atom is -0.467 e. The lowest BCUT2D eigenvalue weighted by atomic mass is 10.1. The lowest BCUT2D eigenvalue weighted by Crippen LogP contribution is -2.43. The Morgan fingerprint density at radius 2 is 1.82 bits per heavy atom. The van der Waals surface area contributed by atoms with Gasteiger partial charge < -0.3 is 10.1 Å². The molecule has 0 fully saturated rings. The molecule has 0 radical (unpaired) electrons. The van der Waals surface area contributed by atoms with E-state index in [2.05, 4.69) is 10.3 Å². The molecule has 22 heavy (non-hydrogen) atoms. The van der Waals surface area contributed by atoms with Crippen molar-refractivity contribution in [2.45, 2.75) is 12.5 Å². The van der Waals surface area contributed by atoms with Crippen molar-refractivity contribution in [2.24, 2.45) is 0 Å². The lowest BCUT2D eigenvalue weighted by Gasteiger charge is -2.16. The second-order valence-corrected chi connectivity index (χ2v) is 4.62. The summed E-state index contributed by atoms with van der Waals surface area (Å²) in [6, 6.07) is 7.95. The van der Waals surface area contributed by atoms with Gasteiger partial charge in [0.05, 0.1) is 7.11 Å². The average molecular weight is 302 g/mol. The van der Waals surface area contributed by atoms with Gasteiger partial charge in [0.2, 0.25) is 0 Å². The van der Waals surface area contributed by atoms with Gasteiger partial charge in [-0.25, -0.2) is 9.18 Å². The van der Waals surface area contributed by atoms with E-state index in [-0.39, 0.29) is 12.2 Å². The van der Waals surface area contributed by atoms with Crippen LogP contribution in [0.2, 0.25) is 0 Å². The number of hydrogen-bond acceptors (Lipinski definition) is 4. The number of nitrogens with zero attached hydrogens (tertiary/aromatic N) is 1. The molecule has 1 amide bonds. The number of pyridine rings is 1. The minimum absolute atomic E-state index is 0.212. The zero-order valence-corrected chi connectivity index (χ0v) is 12.0. The molecule has 1 aromatic carbocycles. The molecule has 1 atom stereocenters. The SMILES string of the molecule is COC(=O)[C@@H](Cc1ccc(F)cc1)NC(=O)c1ccncc1. The zero-order chi connectivity index (χ0) is 15.9. The molecule has 0 aliphatic heterocycles. The van der Waals surface area contributed by atoms with E-state index in [1.54, 1.807) is 24.3 Å². The molecular weight excluding hydrogens is 287 g/mol. The maximum atomic E-state index is 12.9. The van der Waals surface area contributed by atoms with Crippen molar-refractivity contribution in [1.29, 1.82) is 0 Å². The Morgan fingerprint density at radius 3 is 2.41 bits per heavy atom. The normalized spacial score (nSPS) is 11.5. The molecule has 2 rings (SSSR count). The number of aromatic nitrogens is 1. The van der Waals surface area contributed by atoms with Gasteiger partial charge >= 0.3 is 5.97 Å². The van der Waals surface area contributed by atoms with Crippen molar-refractivity contribution >= 4 is 11.9 Å². The van der Waals surface area contributed by atoms with E-state index in [4.69, 9.17) is 4.74 Å². The number of halogens is 1. The Balaban J connectivity index is 2.11. The van der Waals surface area contributed by atoms with Crippen molar-refractivity contribution in [3.8, 4) is 0 Å². The van der Waals surface area contributed by atoms with Gasteiger partial charge in [-0.15, -0.1) is 0 Å². The molecule has 1 heterocycles. The number of benzene rings is 1. The number of ether oxygens (including phenoxy) is 1. The van der Waals surface area contributed by atoms with Crippen molar-refractivity contribution in [2.75, 3.05) is 7.11 Å². The number of nitrogens with one attached hydrogen (secondary N) is 1. The van der Waals surface area contributed by atoms with E-state index in [0.29, 0.717) is 11.1 Å². The fourth-order valence-corrected chi connectivity index (χ4v) is 1.94. The molecule has 0 spiro atoms. The maximum Gasteiger partial charge on any atom is 0.328 e. The van der Waals surface area contributed by atoms with Crippen LogP contribution in [-0.4, -0.2) is 30.0 Å². The van der Waals surface area contributed by atoms with E-state index in [1.165, 1.54) is 31.6 Å². The van der Waals surface area contributed by atoms with Crippen molar-refractivity contribution < 1.29 is 18.7 Å². The van der Waals surface area contributed by atoms with Crippen molar-refractivity contribution in [1.82, 2.24) is 10.3 Å². The third kappa shape index (κ3) is 4.12. The van der Waals surface area contributed by atoms with Crippen LogP contribution in [0.1, 0.15) is 15.9 Å². The molecule has 2 aromatic rings. The summed E-state index contributed by atoms with van der Waals surface area (Å²) < 4.78 is 17.6. The Morgan fingerprint density at radius 1 is 1.18 bits per heavy atom. The number of esters is 1. The van der Waals surface area contributed by atoms with Crippen LogP contribution >= 0.6 is 0 Å². The molecule has 114 valence electrons. The first-order chi connectivity index (χ1) is 10.6. The van der Waals surface area contributed by atoms with Gasteiger partial charge in [-0.3, -0.25) is 9.78 Å². The first-order valence-electron chi connectivity index (χ1n) is 6.63. The minimum atomic E-state index is -0.851. The number of rotatable bonds is 5. The Bertz CT molecular complexity index is 644. The smallest absolute Gasteiger partial charge is 0.328 e. The number of amides is 1. The third-order valence-corrected chi connectivity index (χ3v) is 3.09. The van der Waals surface area contributed by atoms with Crippen molar-refractivity contribution in [3.05, 3.63) is 65.7 Å². The predicted molar refractivity (Wildman–Crippen MR) is 77.6 cm³/mol. The molecule has 1 aromatic heterocycles. The third-order valence-electron chi connectivity index (χ3n) is 3.09. The molecule has 0 aliphatic rings. The van der Waals surface area contributed by atoms with Gasteiger partial charge in [0.25, 0.3) is 5.91 Å². The van der Waals surface area contributed by atoms with Gasteiger partial charge in [-0.2, -0.15) is 0 Å². The molecule has 1 N–H and O–H groups in total. The van der Waals surface area contributed by atoms with Crippen LogP contribution < -0.4 is 5.32 Å². The Labute approximate surface area is 127 Å². The number of hydrogen-bond donors (Lipinski definition) is 1. The zero-order valence-electron chi connectivity index (χ0n) is 12.0. The molecule has 0 unspecified atom stereocenters. The molecule has 5 nitrogen and oxygen atoms in total. The van der Waals surface area contributed by atoms with Crippen LogP contribution in [-0.2, 0) is 16.0 Å². The first kappa shape index (κ1) is 15.6. The molecule has 0 aliphatic carbocycles. The predicted octanol–water partition coefficient (Wildman–Crippen LogP) is 1.73. The van der Waals surface area contributed by atoms with Gasteiger partial charge in [-0.05, 0) is 29.8 Å². The van der Waals surface area contributed by atoms with E-state index in [0.717, 1.165) is 0 Å². The fourth-order valence-electron chi connectivity index (χ4n) is 1.94. The highest BCUT2D eigenvalue weighted by molar-refractivity contribution is 5.96. The lowest BCUT2D eigenvalue weighted by molar-refractivity contribution is -0.142. The van der Waals surface area contributed by atoms with E-state index in [9.17, 15) is 14.0 Å². The summed E-state index contributed by atoms with van der Waals surface area (Å²) in [5.41, 5.74) is 1.11. The van der Waals surface area contributed by atoms with Crippen LogP contribution in [0.5, 0.6) is 0 Å². The highest BCUT2D eigenvalue weighted by atomic mass is 19.1. The summed E-state index contributed by atoms with van der Waals surface area (Å²) >= 11 is 0. The summed E-state index contributed by atoms with van der Waals surface area (Å²) in [4.78, 5) is 27.8. The van der Waals surface area contributed by atoms with E-state index < -0.39 is 17.9 Å². The maximum absolute atomic E-state index is 12.9. The van der Waals surface area contributed by atoms with Crippen molar-refractivity contribution in [3.63, 3.8) is 0 Å². The summed E-state index contributed by atoms with van der Waals surface area (Å²) in [6.45, 7) is 0. The summed E-state index contributed by atoms with van der Waals surface area (Å²) in [5.74, 6) is -1.33. The molecule has 0 saturated heterocycles. The largest absolute Gasteiger partial charge is 0.467 e. The standard InChI is InChI=1S/C16H15FN2O3/c1-22-16(21)14(10-11-2-4-13(17)5-3-11)19-15(20)12-6-8-18-9-7-12/h2-9,14H,10H2,1H3,(H,19,20)/t14-/m1/s1. The molecular formula is C16H15FN2O3. The summed E-state index contributed by atoms with van der Waals surface area (Å²) in [6.07, 6.45) is 3.19. The summed E-state index contributed by atoms with van der Waals surface area (Å²) in [5, 5.41) is 2.61. The van der Waals surface area contributed by atoms with Crippen LogP contribution in [0.15, 0.2) is 48.8 Å². The molecule has 0 saturated carbocycles. The van der Waals surface area contributed by atoms with Gasteiger partial charge in [0.1, 0.15) is 11.9 Å². The summed E-state index contributed by atoms with van der Waals surface area (Å²) in [7, 11) is 1.25. The highest BCUT2D eigenvalue weighted by Crippen LogP contribution is 2.08. The number of carbonyl (C=O) groups excluding carboxylic acids is 2. The highest BCUT2D eigenvalue weighted by Gasteiger charge is 2.22.